The molecule has 0 aromatic carbocycles. The lowest BCUT2D eigenvalue weighted by Crippen LogP contribution is -2.59. The predicted octanol–water partition coefficient (Wildman–Crippen LogP) is 1.18. The molecule has 17 heavy (non-hydrogen) atoms. The third kappa shape index (κ3) is 2.79. The van der Waals surface area contributed by atoms with E-state index in [4.69, 9.17) is 15.2 Å². The van der Waals surface area contributed by atoms with Crippen molar-refractivity contribution in [3.05, 3.63) is 12.4 Å². The first kappa shape index (κ1) is 12.4. The number of hydrogen-bond acceptors (Lipinski definition) is 4. The Hall–Kier alpha value is -1.07. The fourth-order valence-electron chi connectivity index (χ4n) is 2.09. The van der Waals surface area contributed by atoms with Crippen molar-refractivity contribution in [2.75, 3.05) is 6.61 Å². The minimum Gasteiger partial charge on any atom is -0.484 e. The molecule has 5 heteroatoms. The molecule has 2 rings (SSSR count). The van der Waals surface area contributed by atoms with Gasteiger partial charge in [0.15, 0.2) is 5.75 Å². The van der Waals surface area contributed by atoms with E-state index in [0.717, 1.165) is 25.1 Å². The third-order valence-electron chi connectivity index (χ3n) is 3.00. The molecule has 1 aliphatic carbocycles. The summed E-state index contributed by atoms with van der Waals surface area (Å²) in [5.41, 5.74) is 5.88. The minimum absolute atomic E-state index is 0.0227. The van der Waals surface area contributed by atoms with Gasteiger partial charge in [0.2, 0.25) is 0 Å². The molecule has 0 amide bonds. The lowest BCUT2D eigenvalue weighted by Gasteiger charge is -2.41. The summed E-state index contributed by atoms with van der Waals surface area (Å²) < 4.78 is 13.3. The Balaban J connectivity index is 1.87. The van der Waals surface area contributed by atoms with E-state index in [2.05, 4.69) is 12.0 Å². The summed E-state index contributed by atoms with van der Waals surface area (Å²) in [6.07, 6.45) is 5.69. The summed E-state index contributed by atoms with van der Waals surface area (Å²) in [4.78, 5) is 0. The number of aromatic nitrogens is 2. The normalized spacial score (nSPS) is 27.8. The third-order valence-corrected chi connectivity index (χ3v) is 3.00. The van der Waals surface area contributed by atoms with Crippen LogP contribution in [0.3, 0.4) is 0 Å². The molecule has 0 radical (unpaired) electrons. The Morgan fingerprint density at radius 3 is 3.00 bits per heavy atom. The van der Waals surface area contributed by atoms with Gasteiger partial charge >= 0.3 is 0 Å². The van der Waals surface area contributed by atoms with Gasteiger partial charge in [0.05, 0.1) is 12.4 Å². The van der Waals surface area contributed by atoms with E-state index in [1.807, 2.05) is 17.8 Å². The van der Waals surface area contributed by atoms with Gasteiger partial charge in [0.25, 0.3) is 0 Å². The molecule has 1 aromatic heterocycles. The van der Waals surface area contributed by atoms with Crippen LogP contribution in [0, 0.1) is 0 Å². The summed E-state index contributed by atoms with van der Waals surface area (Å²) >= 11 is 0. The van der Waals surface area contributed by atoms with Crippen molar-refractivity contribution in [2.45, 2.75) is 51.5 Å². The summed E-state index contributed by atoms with van der Waals surface area (Å²) in [6.45, 7) is 5.69. The van der Waals surface area contributed by atoms with Gasteiger partial charge in [-0.05, 0) is 13.3 Å². The van der Waals surface area contributed by atoms with Crippen molar-refractivity contribution < 1.29 is 9.47 Å². The summed E-state index contributed by atoms with van der Waals surface area (Å²) in [7, 11) is 0. The minimum atomic E-state index is 0.0227. The molecule has 0 bridgehead atoms. The zero-order chi connectivity index (χ0) is 12.3. The Bertz CT molecular complexity index is 353. The van der Waals surface area contributed by atoms with Crippen LogP contribution in [-0.2, 0) is 11.3 Å². The maximum Gasteiger partial charge on any atom is 0.157 e. The molecule has 1 fully saturated rings. The smallest absolute Gasteiger partial charge is 0.157 e. The Morgan fingerprint density at radius 2 is 2.35 bits per heavy atom. The van der Waals surface area contributed by atoms with E-state index in [-0.39, 0.29) is 18.2 Å². The molecular formula is C12H21N3O2. The maximum atomic E-state index is 5.88. The van der Waals surface area contributed by atoms with Crippen LogP contribution in [-0.4, -0.2) is 34.6 Å². The molecule has 3 atom stereocenters. The number of hydrogen-bond donors (Lipinski definition) is 1. The molecule has 96 valence electrons. The van der Waals surface area contributed by atoms with Gasteiger partial charge in [-0.25, -0.2) is 0 Å². The van der Waals surface area contributed by atoms with Crippen molar-refractivity contribution in [3.63, 3.8) is 0 Å². The van der Waals surface area contributed by atoms with Crippen LogP contribution in [0.25, 0.3) is 0 Å². The highest BCUT2D eigenvalue weighted by Crippen LogP contribution is 2.27. The van der Waals surface area contributed by atoms with E-state index < -0.39 is 0 Å². The van der Waals surface area contributed by atoms with Crippen molar-refractivity contribution in [2.24, 2.45) is 5.73 Å². The van der Waals surface area contributed by atoms with Crippen LogP contribution in [0.2, 0.25) is 0 Å². The number of nitrogens with two attached hydrogens (primary N) is 1. The van der Waals surface area contributed by atoms with Crippen LogP contribution >= 0.6 is 0 Å². The molecule has 0 saturated heterocycles. The number of nitrogens with zero attached hydrogens (tertiary/aromatic N) is 2. The largest absolute Gasteiger partial charge is 0.484 e. The molecule has 0 aliphatic heterocycles. The number of aryl methyl sites for hydroxylation is 1. The van der Waals surface area contributed by atoms with Crippen LogP contribution in [0.1, 0.15) is 26.7 Å². The molecule has 1 aliphatic rings. The Labute approximate surface area is 102 Å². The van der Waals surface area contributed by atoms with Gasteiger partial charge in [-0.3, -0.25) is 4.68 Å². The monoisotopic (exact) mass is 239 g/mol. The number of ether oxygens (including phenoxy) is 2. The highest BCUT2D eigenvalue weighted by atomic mass is 16.5. The van der Waals surface area contributed by atoms with Crippen LogP contribution < -0.4 is 10.5 Å². The zero-order valence-corrected chi connectivity index (χ0v) is 10.5. The van der Waals surface area contributed by atoms with Gasteiger partial charge in [0, 0.05) is 25.6 Å². The molecule has 3 unspecified atom stereocenters. The Morgan fingerprint density at radius 1 is 1.53 bits per heavy atom. The molecule has 1 heterocycles. The molecule has 2 N–H and O–H groups in total. The second kappa shape index (κ2) is 5.51. The van der Waals surface area contributed by atoms with Gasteiger partial charge < -0.3 is 15.2 Å². The molecule has 1 saturated carbocycles. The van der Waals surface area contributed by atoms with Crippen molar-refractivity contribution >= 4 is 0 Å². The maximum absolute atomic E-state index is 5.88. The summed E-state index contributed by atoms with van der Waals surface area (Å²) in [5, 5.41) is 4.23. The highest BCUT2D eigenvalue weighted by molar-refractivity contribution is 5.14. The van der Waals surface area contributed by atoms with Gasteiger partial charge in [-0.15, -0.1) is 0 Å². The van der Waals surface area contributed by atoms with E-state index in [1.54, 1.807) is 6.20 Å². The van der Waals surface area contributed by atoms with Gasteiger partial charge in [-0.1, -0.05) is 6.92 Å². The lowest BCUT2D eigenvalue weighted by molar-refractivity contribution is -0.0945. The van der Waals surface area contributed by atoms with E-state index in [1.165, 1.54) is 0 Å². The van der Waals surface area contributed by atoms with Crippen molar-refractivity contribution in [1.82, 2.24) is 9.78 Å². The van der Waals surface area contributed by atoms with E-state index >= 15 is 0 Å². The lowest BCUT2D eigenvalue weighted by atomic mass is 9.86. The fraction of sp³-hybridized carbons (Fsp3) is 0.750. The van der Waals surface area contributed by atoms with E-state index in [9.17, 15) is 0 Å². The predicted molar refractivity (Wildman–Crippen MR) is 64.9 cm³/mol. The molecule has 5 nitrogen and oxygen atoms in total. The zero-order valence-electron chi connectivity index (χ0n) is 10.5. The Kier molecular flexibility index (Phi) is 4.02. The first-order chi connectivity index (χ1) is 8.24. The average Bonchev–Trinajstić information content (AvgIpc) is 2.74. The molecular weight excluding hydrogens is 218 g/mol. The summed E-state index contributed by atoms with van der Waals surface area (Å²) in [5.74, 6) is 0.806. The molecule has 0 spiro atoms. The average molecular weight is 239 g/mol. The van der Waals surface area contributed by atoms with Crippen LogP contribution in [0.15, 0.2) is 12.4 Å². The van der Waals surface area contributed by atoms with Crippen molar-refractivity contribution in [3.8, 4) is 5.75 Å². The van der Waals surface area contributed by atoms with Crippen molar-refractivity contribution in [1.29, 1.82) is 0 Å². The van der Waals surface area contributed by atoms with Gasteiger partial charge in [0.1, 0.15) is 12.2 Å². The van der Waals surface area contributed by atoms with Gasteiger partial charge in [-0.2, -0.15) is 5.10 Å². The topological polar surface area (TPSA) is 62.3 Å². The van der Waals surface area contributed by atoms with E-state index in [0.29, 0.717) is 6.61 Å². The fourth-order valence-corrected chi connectivity index (χ4v) is 2.09. The van der Waals surface area contributed by atoms with Crippen LogP contribution in [0.4, 0.5) is 0 Å². The first-order valence-electron chi connectivity index (χ1n) is 6.30. The SMILES string of the molecule is CCCn1cc(OC2CC(N)C2OCC)cn1. The quantitative estimate of drug-likeness (QED) is 0.809. The van der Waals surface area contributed by atoms with Crippen LogP contribution in [0.5, 0.6) is 5.75 Å². The second-order valence-corrected chi connectivity index (χ2v) is 4.41. The summed E-state index contributed by atoms with van der Waals surface area (Å²) in [6, 6.07) is 0.102. The standard InChI is InChI=1S/C12H21N3O2/c1-3-5-15-8-9(7-14-15)17-11-6-10(13)12(11)16-4-2/h7-8,10-12H,3-6,13H2,1-2H3. The first-order valence-corrected chi connectivity index (χ1v) is 6.30. The molecule has 1 aromatic rings. The highest BCUT2D eigenvalue weighted by Gasteiger charge is 2.41. The second-order valence-electron chi connectivity index (χ2n) is 4.41. The number of rotatable bonds is 6.